The van der Waals surface area contributed by atoms with Gasteiger partial charge in [-0.25, -0.2) is 4.79 Å². The van der Waals surface area contributed by atoms with E-state index in [0.717, 1.165) is 24.1 Å². The van der Waals surface area contributed by atoms with Crippen LogP contribution >= 0.6 is 11.3 Å². The summed E-state index contributed by atoms with van der Waals surface area (Å²) in [4.78, 5) is 24.9. The zero-order chi connectivity index (χ0) is 12.4. The van der Waals surface area contributed by atoms with Crippen LogP contribution in [0, 0.1) is 0 Å². The highest BCUT2D eigenvalue weighted by Crippen LogP contribution is 2.34. The normalized spacial score (nSPS) is 15.6. The van der Waals surface area contributed by atoms with Crippen LogP contribution in [-0.2, 0) is 11.2 Å². The van der Waals surface area contributed by atoms with E-state index in [-0.39, 0.29) is 5.91 Å². The lowest BCUT2D eigenvalue weighted by atomic mass is 10.1. The van der Waals surface area contributed by atoms with E-state index in [4.69, 9.17) is 5.11 Å². The lowest BCUT2D eigenvalue weighted by molar-refractivity contribution is -0.117. The van der Waals surface area contributed by atoms with E-state index in [1.165, 1.54) is 11.3 Å². The number of rotatable bonds is 4. The molecule has 1 aromatic heterocycles. The second-order valence-corrected chi connectivity index (χ2v) is 5.01. The lowest BCUT2D eigenvalue weighted by Crippen LogP contribution is -2.24. The third-order valence-corrected chi connectivity index (χ3v) is 3.93. The summed E-state index contributed by atoms with van der Waals surface area (Å²) >= 11 is 1.22. The molecule has 1 fully saturated rings. The summed E-state index contributed by atoms with van der Waals surface area (Å²) in [7, 11) is 0. The number of aromatic carboxylic acids is 1. The molecule has 0 atom stereocenters. The number of amides is 1. The molecule has 0 bridgehead atoms. The largest absolute Gasteiger partial charge is 0.477 e. The molecule has 0 radical (unpaired) electrons. The van der Waals surface area contributed by atoms with Crippen molar-refractivity contribution in [3.63, 3.8) is 0 Å². The van der Waals surface area contributed by atoms with Crippen LogP contribution in [0.3, 0.4) is 0 Å². The number of nitrogens with zero attached hydrogens (tertiary/aromatic N) is 1. The predicted molar refractivity (Wildman–Crippen MR) is 66.9 cm³/mol. The standard InChI is InChI=1S/C12H15NO3S/c1-2-4-8-9(7-17-11(8)12(15)16)13-6-3-5-10(13)14/h7H,2-6H2,1H3,(H,15,16). The Morgan fingerprint density at radius 2 is 2.35 bits per heavy atom. The van der Waals surface area contributed by atoms with E-state index in [0.29, 0.717) is 24.3 Å². The summed E-state index contributed by atoms with van der Waals surface area (Å²) in [6, 6.07) is 0. The number of hydrogen-bond donors (Lipinski definition) is 1. The maximum Gasteiger partial charge on any atom is 0.346 e. The summed E-state index contributed by atoms with van der Waals surface area (Å²) in [5, 5.41) is 10.9. The van der Waals surface area contributed by atoms with Crippen molar-refractivity contribution in [2.45, 2.75) is 32.6 Å². The fourth-order valence-electron chi connectivity index (χ4n) is 2.17. The van der Waals surface area contributed by atoms with Gasteiger partial charge in [0.05, 0.1) is 5.69 Å². The molecule has 2 heterocycles. The Morgan fingerprint density at radius 3 is 2.88 bits per heavy atom. The first kappa shape index (κ1) is 12.1. The lowest BCUT2D eigenvalue weighted by Gasteiger charge is -2.16. The maximum absolute atomic E-state index is 11.7. The first-order valence-corrected chi connectivity index (χ1v) is 6.67. The Bertz CT molecular complexity index is 453. The summed E-state index contributed by atoms with van der Waals surface area (Å²) in [6.45, 7) is 2.73. The molecule has 1 amide bonds. The molecule has 2 rings (SSSR count). The molecule has 1 aliphatic rings. The quantitative estimate of drug-likeness (QED) is 0.897. The van der Waals surface area contributed by atoms with Gasteiger partial charge in [-0.3, -0.25) is 4.79 Å². The number of thiophene rings is 1. The van der Waals surface area contributed by atoms with Crippen LogP contribution in [0.2, 0.25) is 0 Å². The molecule has 1 aliphatic heterocycles. The second-order valence-electron chi connectivity index (χ2n) is 4.13. The second kappa shape index (κ2) is 4.87. The topological polar surface area (TPSA) is 57.6 Å². The van der Waals surface area contributed by atoms with Gasteiger partial charge in [0.2, 0.25) is 5.91 Å². The van der Waals surface area contributed by atoms with E-state index >= 15 is 0 Å². The molecule has 4 nitrogen and oxygen atoms in total. The van der Waals surface area contributed by atoms with Gasteiger partial charge in [-0.05, 0) is 12.8 Å². The van der Waals surface area contributed by atoms with E-state index < -0.39 is 5.97 Å². The predicted octanol–water partition coefficient (Wildman–Crippen LogP) is 2.53. The number of hydrogen-bond acceptors (Lipinski definition) is 3. The van der Waals surface area contributed by atoms with E-state index in [1.807, 2.05) is 6.92 Å². The van der Waals surface area contributed by atoms with E-state index in [2.05, 4.69) is 0 Å². The fraction of sp³-hybridized carbons (Fsp3) is 0.500. The average molecular weight is 253 g/mol. The molecule has 0 aliphatic carbocycles. The summed E-state index contributed by atoms with van der Waals surface area (Å²) < 4.78 is 0. The van der Waals surface area contributed by atoms with Crippen molar-refractivity contribution in [2.24, 2.45) is 0 Å². The first-order valence-electron chi connectivity index (χ1n) is 5.79. The number of carbonyl (C=O) groups is 2. The first-order chi connectivity index (χ1) is 8.15. The van der Waals surface area contributed by atoms with Gasteiger partial charge in [-0.15, -0.1) is 11.3 Å². The number of anilines is 1. The van der Waals surface area contributed by atoms with Crippen molar-refractivity contribution in [3.05, 3.63) is 15.8 Å². The van der Waals surface area contributed by atoms with Gasteiger partial charge in [-0.2, -0.15) is 0 Å². The molecule has 92 valence electrons. The summed E-state index contributed by atoms with van der Waals surface area (Å²) in [5.74, 6) is -0.784. The summed E-state index contributed by atoms with van der Waals surface area (Å²) in [6.07, 6.45) is 3.03. The molecule has 17 heavy (non-hydrogen) atoms. The van der Waals surface area contributed by atoms with Gasteiger partial charge in [0.15, 0.2) is 0 Å². The third-order valence-electron chi connectivity index (χ3n) is 2.93. The van der Waals surface area contributed by atoms with Crippen molar-refractivity contribution >= 4 is 28.9 Å². The highest BCUT2D eigenvalue weighted by molar-refractivity contribution is 7.12. The Labute approximate surface area is 104 Å². The highest BCUT2D eigenvalue weighted by Gasteiger charge is 2.27. The molecule has 0 saturated carbocycles. The minimum absolute atomic E-state index is 0.108. The Kier molecular flexibility index (Phi) is 3.47. The van der Waals surface area contributed by atoms with Gasteiger partial charge < -0.3 is 10.0 Å². The zero-order valence-electron chi connectivity index (χ0n) is 9.73. The van der Waals surface area contributed by atoms with E-state index in [9.17, 15) is 9.59 Å². The number of carbonyl (C=O) groups excluding carboxylic acids is 1. The van der Waals surface area contributed by atoms with Gasteiger partial charge in [0.25, 0.3) is 0 Å². The molecule has 1 aromatic rings. The highest BCUT2D eigenvalue weighted by atomic mass is 32.1. The maximum atomic E-state index is 11.7. The van der Waals surface area contributed by atoms with Crippen LogP contribution in [0.1, 0.15) is 41.4 Å². The van der Waals surface area contributed by atoms with Gasteiger partial charge in [0, 0.05) is 23.9 Å². The minimum Gasteiger partial charge on any atom is -0.477 e. The van der Waals surface area contributed by atoms with Gasteiger partial charge in [-0.1, -0.05) is 13.3 Å². The molecular formula is C12H15NO3S. The smallest absolute Gasteiger partial charge is 0.346 e. The molecule has 1 N–H and O–H groups in total. The van der Waals surface area contributed by atoms with Crippen molar-refractivity contribution in [1.29, 1.82) is 0 Å². The molecule has 0 aromatic carbocycles. The molecular weight excluding hydrogens is 238 g/mol. The van der Waals surface area contributed by atoms with Crippen molar-refractivity contribution in [1.82, 2.24) is 0 Å². The van der Waals surface area contributed by atoms with Gasteiger partial charge in [0.1, 0.15) is 4.88 Å². The number of carboxylic acids is 1. The minimum atomic E-state index is -0.892. The molecule has 0 spiro atoms. The number of carboxylic acid groups (broad SMARTS) is 1. The van der Waals surface area contributed by atoms with Crippen molar-refractivity contribution in [2.75, 3.05) is 11.4 Å². The van der Waals surface area contributed by atoms with Crippen LogP contribution in [0.15, 0.2) is 5.38 Å². The Balaban J connectivity index is 2.39. The monoisotopic (exact) mass is 253 g/mol. The van der Waals surface area contributed by atoms with Crippen molar-refractivity contribution < 1.29 is 14.7 Å². The molecule has 5 heteroatoms. The molecule has 1 saturated heterocycles. The van der Waals surface area contributed by atoms with Crippen LogP contribution in [0.4, 0.5) is 5.69 Å². The average Bonchev–Trinajstić information content (AvgIpc) is 2.85. The SMILES string of the molecule is CCCc1c(N2CCCC2=O)csc1C(=O)O. The zero-order valence-corrected chi connectivity index (χ0v) is 10.5. The van der Waals surface area contributed by atoms with Gasteiger partial charge >= 0.3 is 5.97 Å². The Hall–Kier alpha value is -1.36. The van der Waals surface area contributed by atoms with Crippen LogP contribution in [0.5, 0.6) is 0 Å². The van der Waals surface area contributed by atoms with Crippen molar-refractivity contribution in [3.8, 4) is 0 Å². The molecule has 0 unspecified atom stereocenters. The Morgan fingerprint density at radius 1 is 1.59 bits per heavy atom. The third kappa shape index (κ3) is 2.20. The van der Waals surface area contributed by atoms with E-state index in [1.54, 1.807) is 10.3 Å². The van der Waals surface area contributed by atoms with Crippen LogP contribution < -0.4 is 4.90 Å². The summed E-state index contributed by atoms with van der Waals surface area (Å²) in [5.41, 5.74) is 1.64. The fourth-order valence-corrected chi connectivity index (χ4v) is 3.12. The van der Waals surface area contributed by atoms with Crippen LogP contribution in [0.25, 0.3) is 0 Å². The van der Waals surface area contributed by atoms with Crippen LogP contribution in [-0.4, -0.2) is 23.5 Å².